The van der Waals surface area contributed by atoms with Crippen molar-refractivity contribution < 1.29 is 22.0 Å². The van der Waals surface area contributed by atoms with Crippen molar-refractivity contribution in [3.8, 4) is 0 Å². The molecule has 0 aliphatic carbocycles. The molecule has 1 N–H and O–H groups in total. The smallest absolute Gasteiger partial charge is 0.274 e. The van der Waals surface area contributed by atoms with Crippen LogP contribution in [0.4, 0.5) is 20.3 Å². The molecular weight excluding hydrogens is 378 g/mol. The Bertz CT molecular complexity index is 948. The number of sulfone groups is 1. The summed E-state index contributed by atoms with van der Waals surface area (Å²) in [5.74, 6) is -2.08. The van der Waals surface area contributed by atoms with Crippen molar-refractivity contribution in [1.82, 2.24) is 9.97 Å². The number of anilines is 2. The molecule has 1 fully saturated rings. The van der Waals surface area contributed by atoms with Gasteiger partial charge in [0.2, 0.25) is 0 Å². The van der Waals surface area contributed by atoms with Gasteiger partial charge in [-0.2, -0.15) is 0 Å². The minimum absolute atomic E-state index is 0.0206. The molecule has 3 rings (SSSR count). The van der Waals surface area contributed by atoms with Crippen molar-refractivity contribution in [2.75, 3.05) is 28.3 Å². The van der Waals surface area contributed by atoms with Gasteiger partial charge in [0, 0.05) is 18.7 Å². The van der Waals surface area contributed by atoms with Crippen LogP contribution in [0.5, 0.6) is 0 Å². The molecule has 1 aliphatic heterocycles. The molecule has 0 radical (unpaired) electrons. The van der Waals surface area contributed by atoms with Gasteiger partial charge >= 0.3 is 0 Å². The first-order valence-corrected chi connectivity index (χ1v) is 10.2. The van der Waals surface area contributed by atoms with E-state index >= 15 is 0 Å². The minimum atomic E-state index is -3.08. The van der Waals surface area contributed by atoms with Crippen LogP contribution in [0.2, 0.25) is 0 Å². The van der Waals surface area contributed by atoms with Crippen LogP contribution in [0.25, 0.3) is 0 Å². The maximum atomic E-state index is 13.7. The summed E-state index contributed by atoms with van der Waals surface area (Å²) < 4.78 is 50.9. The van der Waals surface area contributed by atoms with Gasteiger partial charge < -0.3 is 10.2 Å². The second-order valence-electron chi connectivity index (χ2n) is 6.16. The van der Waals surface area contributed by atoms with Gasteiger partial charge in [-0.25, -0.2) is 27.2 Å². The highest BCUT2D eigenvalue weighted by atomic mass is 32.2. The lowest BCUT2D eigenvalue weighted by atomic mass is 10.2. The highest BCUT2D eigenvalue weighted by Crippen LogP contribution is 2.23. The van der Waals surface area contributed by atoms with Gasteiger partial charge in [0.05, 0.1) is 11.5 Å². The number of nitrogens with one attached hydrogen (secondary N) is 1. The molecule has 27 heavy (non-hydrogen) atoms. The maximum absolute atomic E-state index is 13.7. The second-order valence-corrected chi connectivity index (χ2v) is 8.38. The van der Waals surface area contributed by atoms with Crippen molar-refractivity contribution in [2.24, 2.45) is 0 Å². The first-order valence-electron chi connectivity index (χ1n) is 8.35. The first kappa shape index (κ1) is 19.2. The van der Waals surface area contributed by atoms with E-state index in [4.69, 9.17) is 0 Å². The number of rotatable bonds is 5. The van der Waals surface area contributed by atoms with Gasteiger partial charge in [0.1, 0.15) is 35.2 Å². The monoisotopic (exact) mass is 396 g/mol. The van der Waals surface area contributed by atoms with Crippen LogP contribution in [0.3, 0.4) is 0 Å². The maximum Gasteiger partial charge on any atom is 0.274 e. The standard InChI is InChI=1S/C17H18F2N4O3S/c1-2-23(11-6-7-27(25,26)9-11)15-8-14(20-10-21-15)17(24)22-16-12(18)4-3-5-13(16)19/h3-5,8,10-11H,2,6-7,9H2,1H3,(H,22,24). The number of para-hydroxylation sites is 1. The predicted octanol–water partition coefficient (Wildman–Crippen LogP) is 2.02. The summed E-state index contributed by atoms with van der Waals surface area (Å²) in [4.78, 5) is 22.1. The van der Waals surface area contributed by atoms with E-state index in [1.165, 1.54) is 12.1 Å². The summed E-state index contributed by atoms with van der Waals surface area (Å²) in [6.45, 7) is 2.34. The zero-order chi connectivity index (χ0) is 19.6. The summed E-state index contributed by atoms with van der Waals surface area (Å²) in [5, 5.41) is 2.17. The van der Waals surface area contributed by atoms with Gasteiger partial charge in [-0.1, -0.05) is 6.07 Å². The Morgan fingerprint density at radius 3 is 2.59 bits per heavy atom. The minimum Gasteiger partial charge on any atom is -0.353 e. The van der Waals surface area contributed by atoms with E-state index in [0.29, 0.717) is 18.8 Å². The second kappa shape index (κ2) is 7.55. The third-order valence-electron chi connectivity index (χ3n) is 4.37. The SMILES string of the molecule is CCN(c1cc(C(=O)Nc2c(F)cccc2F)ncn1)C1CCS(=O)(=O)C1. The zero-order valence-corrected chi connectivity index (χ0v) is 15.3. The number of halogens is 2. The number of aromatic nitrogens is 2. The zero-order valence-electron chi connectivity index (χ0n) is 14.5. The third kappa shape index (κ3) is 4.21. The number of hydrogen-bond donors (Lipinski definition) is 1. The van der Waals surface area contributed by atoms with Crippen LogP contribution in [0.1, 0.15) is 23.8 Å². The molecule has 1 saturated heterocycles. The van der Waals surface area contributed by atoms with Gasteiger partial charge in [0.25, 0.3) is 5.91 Å². The Balaban J connectivity index is 1.83. The molecule has 7 nitrogen and oxygen atoms in total. The predicted molar refractivity (Wildman–Crippen MR) is 96.4 cm³/mol. The molecule has 1 unspecified atom stereocenters. The summed E-state index contributed by atoms with van der Waals surface area (Å²) in [6.07, 6.45) is 1.64. The van der Waals surface area contributed by atoms with E-state index < -0.39 is 33.1 Å². The Labute approximate surface area is 155 Å². The van der Waals surface area contributed by atoms with E-state index in [0.717, 1.165) is 18.5 Å². The molecule has 0 bridgehead atoms. The topological polar surface area (TPSA) is 92.3 Å². The molecule has 0 spiro atoms. The average molecular weight is 396 g/mol. The third-order valence-corrected chi connectivity index (χ3v) is 6.12. The van der Waals surface area contributed by atoms with Crippen LogP contribution >= 0.6 is 0 Å². The van der Waals surface area contributed by atoms with Crippen molar-refractivity contribution in [2.45, 2.75) is 19.4 Å². The van der Waals surface area contributed by atoms with Gasteiger partial charge in [-0.3, -0.25) is 4.79 Å². The molecule has 0 saturated carbocycles. The van der Waals surface area contributed by atoms with E-state index in [9.17, 15) is 22.0 Å². The molecule has 1 aromatic carbocycles. The van der Waals surface area contributed by atoms with E-state index in [1.807, 2.05) is 6.92 Å². The summed E-state index contributed by atoms with van der Waals surface area (Å²) in [5.41, 5.74) is -0.640. The fraction of sp³-hybridized carbons (Fsp3) is 0.353. The Hall–Kier alpha value is -2.62. The van der Waals surface area contributed by atoms with Crippen molar-refractivity contribution in [1.29, 1.82) is 0 Å². The number of amides is 1. The van der Waals surface area contributed by atoms with Crippen LogP contribution in [-0.2, 0) is 9.84 Å². The average Bonchev–Trinajstić information content (AvgIpc) is 2.98. The Morgan fingerprint density at radius 1 is 1.30 bits per heavy atom. The van der Waals surface area contributed by atoms with Crippen LogP contribution in [0, 0.1) is 11.6 Å². The van der Waals surface area contributed by atoms with Crippen LogP contribution < -0.4 is 10.2 Å². The molecule has 1 aliphatic rings. The quantitative estimate of drug-likeness (QED) is 0.831. The summed E-state index contributed by atoms with van der Waals surface area (Å²) >= 11 is 0. The number of carbonyl (C=O) groups excluding carboxylic acids is 1. The lowest BCUT2D eigenvalue weighted by Gasteiger charge is -2.27. The normalized spacial score (nSPS) is 18.3. The van der Waals surface area contributed by atoms with Crippen molar-refractivity contribution >= 4 is 27.2 Å². The molecule has 2 heterocycles. The molecule has 1 atom stereocenters. The largest absolute Gasteiger partial charge is 0.353 e. The molecule has 1 amide bonds. The number of carbonyl (C=O) groups is 1. The van der Waals surface area contributed by atoms with Crippen molar-refractivity contribution in [3.05, 3.63) is 47.9 Å². The molecule has 10 heteroatoms. The lowest BCUT2D eigenvalue weighted by Crippen LogP contribution is -2.37. The molecule has 1 aromatic heterocycles. The summed E-state index contributed by atoms with van der Waals surface area (Å²) in [7, 11) is -3.08. The van der Waals surface area contributed by atoms with Gasteiger partial charge in [-0.15, -0.1) is 0 Å². The van der Waals surface area contributed by atoms with Crippen LogP contribution in [0.15, 0.2) is 30.6 Å². The Kier molecular flexibility index (Phi) is 5.36. The van der Waals surface area contributed by atoms with E-state index in [2.05, 4.69) is 15.3 Å². The van der Waals surface area contributed by atoms with E-state index in [-0.39, 0.29) is 23.2 Å². The Morgan fingerprint density at radius 2 is 2.00 bits per heavy atom. The first-order chi connectivity index (χ1) is 12.8. The fourth-order valence-electron chi connectivity index (χ4n) is 3.05. The van der Waals surface area contributed by atoms with Gasteiger partial charge in [0.15, 0.2) is 9.84 Å². The van der Waals surface area contributed by atoms with Crippen LogP contribution in [-0.4, -0.2) is 48.4 Å². The van der Waals surface area contributed by atoms with Gasteiger partial charge in [-0.05, 0) is 25.5 Å². The molecule has 144 valence electrons. The summed E-state index contributed by atoms with van der Waals surface area (Å²) in [6, 6.07) is 4.39. The number of benzene rings is 1. The molecule has 2 aromatic rings. The lowest BCUT2D eigenvalue weighted by molar-refractivity contribution is 0.102. The van der Waals surface area contributed by atoms with Crippen molar-refractivity contribution in [3.63, 3.8) is 0 Å². The highest BCUT2D eigenvalue weighted by Gasteiger charge is 2.32. The number of nitrogens with zero attached hydrogens (tertiary/aromatic N) is 3. The highest BCUT2D eigenvalue weighted by molar-refractivity contribution is 7.91. The number of hydrogen-bond acceptors (Lipinski definition) is 6. The van der Waals surface area contributed by atoms with E-state index in [1.54, 1.807) is 4.90 Å². The molecular formula is C17H18F2N4O3S. The fourth-order valence-corrected chi connectivity index (χ4v) is 4.78.